The number of aliphatic hydroxyl groups is 1. The largest absolute Gasteiger partial charge is 0.396 e. The number of unbranched alkanes of at least 4 members (excludes halogenated alkanes) is 2. The Bertz CT molecular complexity index is 150. The van der Waals surface area contributed by atoms with E-state index in [1.165, 1.54) is 32.5 Å². The minimum atomic E-state index is 0.336. The van der Waals surface area contributed by atoms with Crippen LogP contribution in [0.25, 0.3) is 0 Å². The first-order valence-corrected chi connectivity index (χ1v) is 5.83. The van der Waals surface area contributed by atoms with Gasteiger partial charge < -0.3 is 15.7 Å². The molecule has 1 aliphatic heterocycles. The third kappa shape index (κ3) is 3.95. The van der Waals surface area contributed by atoms with Gasteiger partial charge in [0, 0.05) is 19.2 Å². The summed E-state index contributed by atoms with van der Waals surface area (Å²) in [4.78, 5) is 2.51. The van der Waals surface area contributed by atoms with Crippen molar-refractivity contribution in [3.63, 3.8) is 0 Å². The van der Waals surface area contributed by atoms with Crippen molar-refractivity contribution in [3.8, 4) is 0 Å². The second-order valence-electron chi connectivity index (χ2n) is 4.49. The second kappa shape index (κ2) is 6.38. The van der Waals surface area contributed by atoms with Gasteiger partial charge in [0.25, 0.3) is 0 Å². The Labute approximate surface area is 87.3 Å². The molecule has 0 aliphatic carbocycles. The van der Waals surface area contributed by atoms with Gasteiger partial charge in [-0.25, -0.2) is 0 Å². The van der Waals surface area contributed by atoms with Crippen molar-refractivity contribution >= 4 is 0 Å². The third-order valence-electron chi connectivity index (χ3n) is 3.18. The van der Waals surface area contributed by atoms with Crippen molar-refractivity contribution in [1.29, 1.82) is 0 Å². The Balaban J connectivity index is 2.04. The highest BCUT2D eigenvalue weighted by Crippen LogP contribution is 2.18. The summed E-state index contributed by atoms with van der Waals surface area (Å²) < 4.78 is 0. The van der Waals surface area contributed by atoms with Gasteiger partial charge in [0.1, 0.15) is 0 Å². The molecular weight excluding hydrogens is 176 g/mol. The van der Waals surface area contributed by atoms with Crippen molar-refractivity contribution in [3.05, 3.63) is 0 Å². The molecule has 1 aliphatic rings. The molecular formula is C11H24N2O. The lowest BCUT2D eigenvalue weighted by Crippen LogP contribution is -2.30. The maximum atomic E-state index is 8.64. The molecule has 0 amide bonds. The quantitative estimate of drug-likeness (QED) is 0.624. The van der Waals surface area contributed by atoms with Crippen LogP contribution in [0.1, 0.15) is 32.6 Å². The maximum absolute atomic E-state index is 8.64. The molecule has 1 heterocycles. The van der Waals surface area contributed by atoms with E-state index < -0.39 is 0 Å². The lowest BCUT2D eigenvalue weighted by Gasteiger charge is -2.17. The summed E-state index contributed by atoms with van der Waals surface area (Å²) in [5.41, 5.74) is 5.88. The van der Waals surface area contributed by atoms with Crippen LogP contribution in [-0.4, -0.2) is 42.3 Å². The zero-order chi connectivity index (χ0) is 10.4. The molecule has 84 valence electrons. The number of hydrogen-bond acceptors (Lipinski definition) is 3. The molecule has 1 saturated heterocycles. The third-order valence-corrected chi connectivity index (χ3v) is 3.18. The van der Waals surface area contributed by atoms with Crippen molar-refractivity contribution in [2.24, 2.45) is 11.7 Å². The average molecular weight is 200 g/mol. The number of aliphatic hydroxyl groups excluding tert-OH is 1. The van der Waals surface area contributed by atoms with Crippen LogP contribution in [0.4, 0.5) is 0 Å². The maximum Gasteiger partial charge on any atom is 0.0431 e. The van der Waals surface area contributed by atoms with Crippen LogP contribution in [0.15, 0.2) is 0 Å². The highest BCUT2D eigenvalue weighted by molar-refractivity contribution is 4.80. The van der Waals surface area contributed by atoms with Crippen molar-refractivity contribution in [1.82, 2.24) is 4.90 Å². The van der Waals surface area contributed by atoms with Crippen LogP contribution in [0.2, 0.25) is 0 Å². The van der Waals surface area contributed by atoms with Crippen LogP contribution >= 0.6 is 0 Å². The van der Waals surface area contributed by atoms with E-state index >= 15 is 0 Å². The van der Waals surface area contributed by atoms with Crippen molar-refractivity contribution in [2.45, 2.75) is 38.6 Å². The van der Waals surface area contributed by atoms with Crippen LogP contribution in [0.5, 0.6) is 0 Å². The van der Waals surface area contributed by atoms with E-state index in [9.17, 15) is 0 Å². The van der Waals surface area contributed by atoms with Gasteiger partial charge in [0.05, 0.1) is 0 Å². The van der Waals surface area contributed by atoms with E-state index in [1.54, 1.807) is 0 Å². The van der Waals surface area contributed by atoms with Crippen molar-refractivity contribution in [2.75, 3.05) is 26.2 Å². The van der Waals surface area contributed by atoms with Gasteiger partial charge in [0.2, 0.25) is 0 Å². The topological polar surface area (TPSA) is 49.5 Å². The number of nitrogens with zero attached hydrogens (tertiary/aromatic N) is 1. The monoisotopic (exact) mass is 200 g/mol. The fourth-order valence-corrected chi connectivity index (χ4v) is 2.12. The van der Waals surface area contributed by atoms with Gasteiger partial charge in [0.15, 0.2) is 0 Å². The summed E-state index contributed by atoms with van der Waals surface area (Å²) in [6.45, 7) is 6.02. The molecule has 2 atom stereocenters. The molecule has 1 rings (SSSR count). The van der Waals surface area contributed by atoms with E-state index in [4.69, 9.17) is 10.8 Å². The Hall–Kier alpha value is -0.120. The minimum absolute atomic E-state index is 0.336. The predicted molar refractivity (Wildman–Crippen MR) is 59.1 cm³/mol. The molecule has 0 bridgehead atoms. The fourth-order valence-electron chi connectivity index (χ4n) is 2.12. The summed E-state index contributed by atoms with van der Waals surface area (Å²) in [6, 6.07) is 0.345. The smallest absolute Gasteiger partial charge is 0.0431 e. The zero-order valence-corrected chi connectivity index (χ0v) is 9.28. The van der Waals surface area contributed by atoms with Gasteiger partial charge in [-0.05, 0) is 51.6 Å². The molecule has 0 spiro atoms. The van der Waals surface area contributed by atoms with E-state index in [0.717, 1.165) is 12.8 Å². The van der Waals surface area contributed by atoms with Crippen LogP contribution in [0, 0.1) is 5.92 Å². The Kier molecular flexibility index (Phi) is 5.45. The molecule has 2 unspecified atom stereocenters. The lowest BCUT2D eigenvalue weighted by molar-refractivity contribution is 0.270. The lowest BCUT2D eigenvalue weighted by atomic mass is 10.0. The van der Waals surface area contributed by atoms with E-state index in [0.29, 0.717) is 18.6 Å². The minimum Gasteiger partial charge on any atom is -0.396 e. The summed E-state index contributed by atoms with van der Waals surface area (Å²) in [5, 5.41) is 8.64. The van der Waals surface area contributed by atoms with Gasteiger partial charge >= 0.3 is 0 Å². The molecule has 3 N–H and O–H groups in total. The molecule has 0 aromatic rings. The molecule has 1 fully saturated rings. The van der Waals surface area contributed by atoms with Gasteiger partial charge in [-0.1, -0.05) is 0 Å². The van der Waals surface area contributed by atoms with Gasteiger partial charge in [-0.2, -0.15) is 0 Å². The van der Waals surface area contributed by atoms with E-state index in [-0.39, 0.29) is 0 Å². The number of nitrogens with two attached hydrogens (primary N) is 1. The predicted octanol–water partition coefficient (Wildman–Crippen LogP) is 0.818. The molecule has 14 heavy (non-hydrogen) atoms. The molecule has 3 nitrogen and oxygen atoms in total. The first kappa shape index (κ1) is 12.0. The highest BCUT2D eigenvalue weighted by atomic mass is 16.2. The second-order valence-corrected chi connectivity index (χ2v) is 4.49. The summed E-state index contributed by atoms with van der Waals surface area (Å²) in [6.07, 6.45) is 4.57. The first-order valence-electron chi connectivity index (χ1n) is 5.83. The van der Waals surface area contributed by atoms with Crippen LogP contribution < -0.4 is 5.73 Å². The van der Waals surface area contributed by atoms with Crippen molar-refractivity contribution < 1.29 is 5.11 Å². The fraction of sp³-hybridized carbons (Fsp3) is 1.00. The van der Waals surface area contributed by atoms with E-state index in [2.05, 4.69) is 11.8 Å². The average Bonchev–Trinajstić information content (AvgIpc) is 2.61. The van der Waals surface area contributed by atoms with Gasteiger partial charge in [-0.15, -0.1) is 0 Å². The SMILES string of the molecule is CC(N)C1CCN(CCCCCO)C1. The number of rotatable bonds is 6. The molecule has 0 radical (unpaired) electrons. The standard InChI is InChI=1S/C11H24N2O/c1-10(12)11-5-7-13(9-11)6-3-2-4-8-14/h10-11,14H,2-9,12H2,1H3. The summed E-state index contributed by atoms with van der Waals surface area (Å²) in [7, 11) is 0. The zero-order valence-electron chi connectivity index (χ0n) is 9.28. The van der Waals surface area contributed by atoms with Crippen LogP contribution in [-0.2, 0) is 0 Å². The number of hydrogen-bond donors (Lipinski definition) is 2. The first-order chi connectivity index (χ1) is 6.74. The number of likely N-dealkylation sites (tertiary alicyclic amines) is 1. The summed E-state index contributed by atoms with van der Waals surface area (Å²) in [5.74, 6) is 0.702. The molecule has 0 aromatic carbocycles. The summed E-state index contributed by atoms with van der Waals surface area (Å²) >= 11 is 0. The Morgan fingerprint density at radius 3 is 2.79 bits per heavy atom. The molecule has 3 heteroatoms. The van der Waals surface area contributed by atoms with Gasteiger partial charge in [-0.3, -0.25) is 0 Å². The van der Waals surface area contributed by atoms with Crippen LogP contribution in [0.3, 0.4) is 0 Å². The highest BCUT2D eigenvalue weighted by Gasteiger charge is 2.24. The molecule has 0 aromatic heterocycles. The molecule has 0 saturated carbocycles. The van der Waals surface area contributed by atoms with E-state index in [1.807, 2.05) is 0 Å². The Morgan fingerprint density at radius 2 is 2.21 bits per heavy atom. The Morgan fingerprint density at radius 1 is 1.43 bits per heavy atom. The normalized spacial score (nSPS) is 25.5.